The summed E-state index contributed by atoms with van der Waals surface area (Å²) >= 11 is 0. The van der Waals surface area contributed by atoms with Crippen LogP contribution >= 0.6 is 0 Å². The monoisotopic (exact) mass is 342 g/mol. The fourth-order valence-electron chi connectivity index (χ4n) is 2.94. The van der Waals surface area contributed by atoms with Gasteiger partial charge in [0.25, 0.3) is 11.8 Å². The Morgan fingerprint density at radius 2 is 2.16 bits per heavy atom. The molecule has 6 nitrogen and oxygen atoms in total. The van der Waals surface area contributed by atoms with E-state index in [1.807, 2.05) is 39.0 Å². The first kappa shape index (κ1) is 17.6. The van der Waals surface area contributed by atoms with Crippen LogP contribution in [0.1, 0.15) is 49.8 Å². The van der Waals surface area contributed by atoms with Crippen LogP contribution in [0.2, 0.25) is 0 Å². The normalized spacial score (nSPS) is 18.1. The summed E-state index contributed by atoms with van der Waals surface area (Å²) in [5.74, 6) is 1.40. The molecule has 134 valence electrons. The first-order valence-electron chi connectivity index (χ1n) is 8.87. The number of hydrogen-bond acceptors (Lipinski definition) is 5. The molecule has 1 unspecified atom stereocenters. The van der Waals surface area contributed by atoms with E-state index in [4.69, 9.17) is 4.52 Å². The minimum atomic E-state index is -0.201. The lowest BCUT2D eigenvalue weighted by molar-refractivity contribution is 0.0945. The van der Waals surface area contributed by atoms with Crippen molar-refractivity contribution >= 4 is 5.91 Å². The number of carbonyl (C=O) groups excluding carboxylic acids is 1. The van der Waals surface area contributed by atoms with Gasteiger partial charge in [-0.25, -0.2) is 0 Å². The summed E-state index contributed by atoms with van der Waals surface area (Å²) in [7, 11) is 0. The van der Waals surface area contributed by atoms with Crippen LogP contribution in [-0.2, 0) is 5.41 Å². The van der Waals surface area contributed by atoms with Gasteiger partial charge in [-0.3, -0.25) is 4.79 Å². The van der Waals surface area contributed by atoms with Crippen molar-refractivity contribution in [3.63, 3.8) is 0 Å². The highest BCUT2D eigenvalue weighted by Crippen LogP contribution is 2.26. The molecule has 25 heavy (non-hydrogen) atoms. The summed E-state index contributed by atoms with van der Waals surface area (Å²) in [6, 6.07) is 7.36. The quantitative estimate of drug-likeness (QED) is 0.893. The third-order valence-electron chi connectivity index (χ3n) is 4.45. The molecule has 1 aliphatic heterocycles. The maximum Gasteiger partial charge on any atom is 0.258 e. The molecule has 1 fully saturated rings. The van der Waals surface area contributed by atoms with E-state index >= 15 is 0 Å². The van der Waals surface area contributed by atoms with E-state index in [0.29, 0.717) is 35.3 Å². The number of nitrogens with zero attached hydrogens (tertiary/aromatic N) is 2. The van der Waals surface area contributed by atoms with Gasteiger partial charge in [-0.1, -0.05) is 38.1 Å². The number of benzene rings is 1. The molecule has 1 aromatic heterocycles. The highest BCUT2D eigenvalue weighted by Gasteiger charge is 2.24. The van der Waals surface area contributed by atoms with E-state index in [9.17, 15) is 4.79 Å². The standard InChI is InChI=1S/C19H26N4O2/c1-19(2,3)18-22-17(25-23-18)15-9-5-4-8-14(15)16(24)21-12-13-7-6-10-20-11-13/h4-5,8-9,13,20H,6-7,10-12H2,1-3H3,(H,21,24). The van der Waals surface area contributed by atoms with Gasteiger partial charge in [0.1, 0.15) is 0 Å². The third-order valence-corrected chi connectivity index (χ3v) is 4.45. The molecule has 1 aliphatic rings. The van der Waals surface area contributed by atoms with Gasteiger partial charge < -0.3 is 15.2 Å². The van der Waals surface area contributed by atoms with Crippen molar-refractivity contribution < 1.29 is 9.32 Å². The van der Waals surface area contributed by atoms with Gasteiger partial charge >= 0.3 is 0 Å². The number of aromatic nitrogens is 2. The number of carbonyl (C=O) groups is 1. The van der Waals surface area contributed by atoms with Gasteiger partial charge in [0, 0.05) is 12.0 Å². The second kappa shape index (κ2) is 7.35. The Morgan fingerprint density at radius 1 is 1.36 bits per heavy atom. The Labute approximate surface area is 148 Å². The Bertz CT molecular complexity index is 727. The van der Waals surface area contributed by atoms with Crippen molar-refractivity contribution in [2.45, 2.75) is 39.0 Å². The molecule has 3 rings (SSSR count). The van der Waals surface area contributed by atoms with Crippen molar-refractivity contribution in [3.8, 4) is 11.5 Å². The third kappa shape index (κ3) is 4.25. The lowest BCUT2D eigenvalue weighted by Gasteiger charge is -2.23. The molecule has 2 heterocycles. The summed E-state index contributed by atoms with van der Waals surface area (Å²) in [6.45, 7) is 8.79. The topological polar surface area (TPSA) is 80.0 Å². The number of hydrogen-bond donors (Lipinski definition) is 2. The number of rotatable bonds is 4. The molecule has 0 aliphatic carbocycles. The van der Waals surface area contributed by atoms with Gasteiger partial charge in [0.05, 0.1) is 11.1 Å². The van der Waals surface area contributed by atoms with Gasteiger partial charge in [0.2, 0.25) is 0 Å². The van der Waals surface area contributed by atoms with Gasteiger partial charge in [-0.05, 0) is 44.0 Å². The van der Waals surface area contributed by atoms with Crippen LogP contribution in [0.4, 0.5) is 0 Å². The molecular formula is C19H26N4O2. The molecule has 1 saturated heterocycles. The molecular weight excluding hydrogens is 316 g/mol. The predicted octanol–water partition coefficient (Wildman–Crippen LogP) is 2.76. The fourth-order valence-corrected chi connectivity index (χ4v) is 2.94. The molecule has 0 saturated carbocycles. The maximum atomic E-state index is 12.7. The van der Waals surface area contributed by atoms with Crippen molar-refractivity contribution in [3.05, 3.63) is 35.7 Å². The van der Waals surface area contributed by atoms with Crippen molar-refractivity contribution in [2.75, 3.05) is 19.6 Å². The average molecular weight is 342 g/mol. The highest BCUT2D eigenvalue weighted by atomic mass is 16.5. The first-order valence-corrected chi connectivity index (χ1v) is 8.87. The first-order chi connectivity index (χ1) is 11.9. The fraction of sp³-hybridized carbons (Fsp3) is 0.526. The zero-order chi connectivity index (χ0) is 17.9. The van der Waals surface area contributed by atoms with Crippen LogP contribution in [0.3, 0.4) is 0 Å². The van der Waals surface area contributed by atoms with Gasteiger partial charge in [-0.2, -0.15) is 4.98 Å². The van der Waals surface area contributed by atoms with E-state index in [2.05, 4.69) is 20.8 Å². The lowest BCUT2D eigenvalue weighted by Crippen LogP contribution is -2.38. The maximum absolute atomic E-state index is 12.7. The molecule has 2 aromatic rings. The minimum Gasteiger partial charge on any atom is -0.352 e. The summed E-state index contributed by atoms with van der Waals surface area (Å²) < 4.78 is 5.41. The van der Waals surface area contributed by atoms with Gasteiger partial charge in [0.15, 0.2) is 5.82 Å². The molecule has 6 heteroatoms. The van der Waals surface area contributed by atoms with Crippen molar-refractivity contribution in [2.24, 2.45) is 5.92 Å². The van der Waals surface area contributed by atoms with E-state index in [0.717, 1.165) is 25.9 Å². The molecule has 1 aromatic carbocycles. The zero-order valence-electron chi connectivity index (χ0n) is 15.1. The Balaban J connectivity index is 1.76. The van der Waals surface area contributed by atoms with Crippen molar-refractivity contribution in [1.82, 2.24) is 20.8 Å². The van der Waals surface area contributed by atoms with Crippen LogP contribution < -0.4 is 10.6 Å². The Morgan fingerprint density at radius 3 is 2.84 bits per heavy atom. The Kier molecular flexibility index (Phi) is 5.18. The average Bonchev–Trinajstić information content (AvgIpc) is 3.11. The molecule has 1 amide bonds. The Hall–Kier alpha value is -2.21. The number of amides is 1. The second-order valence-electron chi connectivity index (χ2n) is 7.64. The minimum absolute atomic E-state index is 0.100. The smallest absolute Gasteiger partial charge is 0.258 e. The molecule has 2 N–H and O–H groups in total. The van der Waals surface area contributed by atoms with Crippen LogP contribution in [0.15, 0.2) is 28.8 Å². The van der Waals surface area contributed by atoms with E-state index < -0.39 is 0 Å². The lowest BCUT2D eigenvalue weighted by atomic mass is 9.96. The predicted molar refractivity (Wildman–Crippen MR) is 96.4 cm³/mol. The molecule has 1 atom stereocenters. The summed E-state index contributed by atoms with van der Waals surface area (Å²) in [5, 5.41) is 10.5. The molecule has 0 bridgehead atoms. The van der Waals surface area contributed by atoms with Crippen LogP contribution in [0.5, 0.6) is 0 Å². The van der Waals surface area contributed by atoms with E-state index in [-0.39, 0.29) is 11.3 Å². The van der Waals surface area contributed by atoms with Crippen molar-refractivity contribution in [1.29, 1.82) is 0 Å². The van der Waals surface area contributed by atoms with E-state index in [1.165, 1.54) is 0 Å². The summed E-state index contributed by atoms with van der Waals surface area (Å²) in [6.07, 6.45) is 2.31. The van der Waals surface area contributed by atoms with Crippen LogP contribution in [-0.4, -0.2) is 35.7 Å². The zero-order valence-corrected chi connectivity index (χ0v) is 15.1. The SMILES string of the molecule is CC(C)(C)c1noc(-c2ccccc2C(=O)NCC2CCCNC2)n1. The number of piperidine rings is 1. The number of nitrogens with one attached hydrogen (secondary N) is 2. The molecule has 0 radical (unpaired) electrons. The van der Waals surface area contributed by atoms with Gasteiger partial charge in [-0.15, -0.1) is 0 Å². The molecule has 0 spiro atoms. The van der Waals surface area contributed by atoms with Crippen LogP contribution in [0.25, 0.3) is 11.5 Å². The van der Waals surface area contributed by atoms with Crippen LogP contribution in [0, 0.1) is 5.92 Å². The summed E-state index contributed by atoms with van der Waals surface area (Å²) in [4.78, 5) is 17.1. The largest absolute Gasteiger partial charge is 0.352 e. The highest BCUT2D eigenvalue weighted by molar-refractivity contribution is 5.99. The van der Waals surface area contributed by atoms with E-state index in [1.54, 1.807) is 6.07 Å². The second-order valence-corrected chi connectivity index (χ2v) is 7.64. The summed E-state index contributed by atoms with van der Waals surface area (Å²) in [5.41, 5.74) is 1.03.